The highest BCUT2D eigenvalue weighted by molar-refractivity contribution is 6.11. The fourth-order valence-corrected chi connectivity index (χ4v) is 5.47. The van der Waals surface area contributed by atoms with E-state index in [1.54, 1.807) is 0 Å². The van der Waals surface area contributed by atoms with E-state index >= 15 is 13.2 Å². The number of hydrogen-bond acceptors (Lipinski definition) is 5. The first-order valence-corrected chi connectivity index (χ1v) is 12.7. The van der Waals surface area contributed by atoms with Gasteiger partial charge in [0.15, 0.2) is 0 Å². The third kappa shape index (κ3) is 4.49. The quantitative estimate of drug-likeness (QED) is 0.402. The first kappa shape index (κ1) is 27.9. The molecule has 2 aliphatic rings. The molecule has 40 heavy (non-hydrogen) atoms. The lowest BCUT2D eigenvalue weighted by molar-refractivity contribution is -0.149. The van der Waals surface area contributed by atoms with Crippen molar-refractivity contribution in [2.75, 3.05) is 36.5 Å². The van der Waals surface area contributed by atoms with Crippen LogP contribution in [0, 0.1) is 0 Å². The molecule has 2 aromatic carbocycles. The van der Waals surface area contributed by atoms with Gasteiger partial charge in [-0.15, -0.1) is 10.2 Å². The molecule has 2 atom stereocenters. The Bertz CT molecular complexity index is 1450. The fraction of sp³-hybridized carbons (Fsp3) is 0.444. The number of anilines is 2. The summed E-state index contributed by atoms with van der Waals surface area (Å²) in [5.41, 5.74) is -4.71. The Hall–Kier alpha value is -3.61. The third-order valence-electron chi connectivity index (χ3n) is 7.78. The number of fused-ring (bicyclic) bond motifs is 1. The Morgan fingerprint density at radius 2 is 1.70 bits per heavy atom. The van der Waals surface area contributed by atoms with Gasteiger partial charge < -0.3 is 19.3 Å². The zero-order valence-corrected chi connectivity index (χ0v) is 22.3. The van der Waals surface area contributed by atoms with Crippen molar-refractivity contribution in [3.63, 3.8) is 0 Å². The van der Waals surface area contributed by atoms with Crippen LogP contribution in [-0.4, -0.2) is 58.3 Å². The van der Waals surface area contributed by atoms with Crippen LogP contribution in [0.2, 0.25) is 0 Å². The van der Waals surface area contributed by atoms with Crippen LogP contribution in [0.15, 0.2) is 42.7 Å². The molecule has 214 valence electrons. The molecule has 0 spiro atoms. The van der Waals surface area contributed by atoms with Gasteiger partial charge in [-0.25, -0.2) is 4.39 Å². The van der Waals surface area contributed by atoms with E-state index in [4.69, 9.17) is 0 Å². The van der Waals surface area contributed by atoms with Gasteiger partial charge in [-0.1, -0.05) is 12.1 Å². The second-order valence-corrected chi connectivity index (χ2v) is 10.6. The Labute approximate surface area is 227 Å². The van der Waals surface area contributed by atoms with Gasteiger partial charge in [0.2, 0.25) is 11.5 Å². The van der Waals surface area contributed by atoms with Crippen LogP contribution in [0.5, 0.6) is 0 Å². The SMILES string of the molecule is C[C@H]1CN(C)CCN1c1cc2c(c(C(F)(F)F)c1)CN(c1cccc(C(C)(F)C(F)(F)c3nncn3C)c1)C2=O. The summed E-state index contributed by atoms with van der Waals surface area (Å²) in [5, 5.41) is 6.75. The van der Waals surface area contributed by atoms with E-state index in [0.717, 1.165) is 34.0 Å². The molecule has 7 nitrogen and oxygen atoms in total. The first-order valence-electron chi connectivity index (χ1n) is 12.7. The second-order valence-electron chi connectivity index (χ2n) is 10.6. The van der Waals surface area contributed by atoms with E-state index in [2.05, 4.69) is 15.1 Å². The monoisotopic (exact) mass is 566 g/mol. The third-order valence-corrected chi connectivity index (χ3v) is 7.78. The van der Waals surface area contributed by atoms with Gasteiger partial charge in [0.25, 0.3) is 5.91 Å². The van der Waals surface area contributed by atoms with Crippen molar-refractivity contribution < 1.29 is 31.1 Å². The maximum absolute atomic E-state index is 15.8. The number of hydrogen-bond donors (Lipinski definition) is 0. The van der Waals surface area contributed by atoms with Gasteiger partial charge in [0.05, 0.1) is 12.1 Å². The molecule has 1 unspecified atom stereocenters. The fourth-order valence-electron chi connectivity index (χ4n) is 5.47. The maximum Gasteiger partial charge on any atom is 0.416 e. The van der Waals surface area contributed by atoms with Crippen molar-refractivity contribution in [2.24, 2.45) is 7.05 Å². The highest BCUT2D eigenvalue weighted by atomic mass is 19.4. The standard InChI is InChI=1S/C27H28F6N6O/c1-16-13-36(3)8-9-38(16)19-11-20-21(22(12-19)27(31,32)33)14-39(23(20)40)18-7-5-6-17(10-18)25(2,28)26(29,30)24-35-34-15-37(24)4/h5-7,10-12,15-16H,8-9,13-14H2,1-4H3/t16-,25?/m0/s1. The molecule has 0 bridgehead atoms. The lowest BCUT2D eigenvalue weighted by Gasteiger charge is -2.40. The van der Waals surface area contributed by atoms with E-state index in [9.17, 15) is 18.0 Å². The number of alkyl halides is 6. The topological polar surface area (TPSA) is 57.5 Å². The minimum atomic E-state index is -4.73. The predicted molar refractivity (Wildman–Crippen MR) is 136 cm³/mol. The first-order chi connectivity index (χ1) is 18.6. The lowest BCUT2D eigenvalue weighted by Crippen LogP contribution is -2.50. The zero-order chi connectivity index (χ0) is 29.2. The number of benzene rings is 2. The summed E-state index contributed by atoms with van der Waals surface area (Å²) >= 11 is 0. The summed E-state index contributed by atoms with van der Waals surface area (Å²) in [5.74, 6) is -5.72. The number of nitrogens with zero attached hydrogens (tertiary/aromatic N) is 6. The van der Waals surface area contributed by atoms with Gasteiger partial charge in [-0.05, 0) is 56.3 Å². The van der Waals surface area contributed by atoms with Crippen molar-refractivity contribution in [3.8, 4) is 0 Å². The lowest BCUT2D eigenvalue weighted by atomic mass is 9.90. The molecule has 0 N–H and O–H groups in total. The predicted octanol–water partition coefficient (Wildman–Crippen LogP) is 5.11. The minimum Gasteiger partial charge on any atom is -0.366 e. The summed E-state index contributed by atoms with van der Waals surface area (Å²) in [4.78, 5) is 18.5. The molecular weight excluding hydrogens is 538 g/mol. The molecule has 1 fully saturated rings. The van der Waals surface area contributed by atoms with Crippen molar-refractivity contribution in [2.45, 2.75) is 44.2 Å². The maximum atomic E-state index is 15.8. The van der Waals surface area contributed by atoms with Crippen molar-refractivity contribution in [1.82, 2.24) is 19.7 Å². The number of likely N-dealkylation sites (N-methyl/N-ethyl adjacent to an activating group) is 1. The Morgan fingerprint density at radius 3 is 2.33 bits per heavy atom. The van der Waals surface area contributed by atoms with Crippen LogP contribution in [0.1, 0.15) is 46.7 Å². The van der Waals surface area contributed by atoms with Crippen LogP contribution >= 0.6 is 0 Å². The van der Waals surface area contributed by atoms with E-state index in [0.29, 0.717) is 26.6 Å². The Kier molecular flexibility index (Phi) is 6.63. The number of rotatable bonds is 5. The van der Waals surface area contributed by atoms with Crippen LogP contribution in [0.25, 0.3) is 0 Å². The normalized spacial score (nSPS) is 20.1. The molecular formula is C27H28F6N6O. The van der Waals surface area contributed by atoms with Gasteiger partial charge >= 0.3 is 12.1 Å². The molecule has 2 aliphatic heterocycles. The van der Waals surface area contributed by atoms with Crippen LogP contribution < -0.4 is 9.80 Å². The molecule has 3 heterocycles. The van der Waals surface area contributed by atoms with Crippen molar-refractivity contribution >= 4 is 17.3 Å². The highest BCUT2D eigenvalue weighted by Gasteiger charge is 2.57. The molecule has 1 aromatic heterocycles. The number of piperazine rings is 1. The molecule has 1 saturated heterocycles. The van der Waals surface area contributed by atoms with Crippen LogP contribution in [-0.2, 0) is 31.4 Å². The number of halogens is 6. The minimum absolute atomic E-state index is 0.000944. The van der Waals surface area contributed by atoms with E-state index in [-0.39, 0.29) is 28.5 Å². The van der Waals surface area contributed by atoms with E-state index < -0.39 is 47.2 Å². The Balaban J connectivity index is 1.53. The summed E-state index contributed by atoms with van der Waals surface area (Å²) < 4.78 is 89.9. The molecule has 13 heteroatoms. The summed E-state index contributed by atoms with van der Waals surface area (Å²) in [7, 11) is 3.18. The Morgan fingerprint density at radius 1 is 0.975 bits per heavy atom. The van der Waals surface area contributed by atoms with Crippen LogP contribution in [0.3, 0.4) is 0 Å². The average molecular weight is 567 g/mol. The summed E-state index contributed by atoms with van der Waals surface area (Å²) in [6.07, 6.45) is -3.71. The van der Waals surface area contributed by atoms with Gasteiger partial charge in [-0.2, -0.15) is 22.0 Å². The molecule has 0 radical (unpaired) electrons. The van der Waals surface area contributed by atoms with Gasteiger partial charge in [0, 0.05) is 49.7 Å². The smallest absolute Gasteiger partial charge is 0.366 e. The average Bonchev–Trinajstić information content (AvgIpc) is 3.46. The van der Waals surface area contributed by atoms with Gasteiger partial charge in [-0.3, -0.25) is 4.79 Å². The largest absolute Gasteiger partial charge is 0.416 e. The zero-order valence-electron chi connectivity index (χ0n) is 22.3. The van der Waals surface area contributed by atoms with E-state index in [1.807, 2.05) is 18.9 Å². The number of amides is 1. The molecule has 0 aliphatic carbocycles. The van der Waals surface area contributed by atoms with Crippen molar-refractivity contribution in [3.05, 3.63) is 70.8 Å². The van der Waals surface area contributed by atoms with E-state index in [1.165, 1.54) is 25.2 Å². The highest BCUT2D eigenvalue weighted by Crippen LogP contribution is 2.48. The number of aromatic nitrogens is 3. The van der Waals surface area contributed by atoms with Gasteiger partial charge in [0.1, 0.15) is 6.33 Å². The molecule has 1 amide bonds. The van der Waals surface area contributed by atoms with Crippen molar-refractivity contribution in [1.29, 1.82) is 0 Å². The molecule has 3 aromatic rings. The molecule has 5 rings (SSSR count). The number of aryl methyl sites for hydroxylation is 1. The van der Waals surface area contributed by atoms with Crippen LogP contribution in [0.4, 0.5) is 37.7 Å². The number of carbonyl (C=O) groups excluding carboxylic acids is 1. The molecule has 0 saturated carbocycles. The number of carbonyl (C=O) groups is 1. The second kappa shape index (κ2) is 9.50. The summed E-state index contributed by atoms with van der Waals surface area (Å²) in [6.45, 7) is 3.94. The summed E-state index contributed by atoms with van der Waals surface area (Å²) in [6, 6.07) is 7.29.